The van der Waals surface area contributed by atoms with Gasteiger partial charge in [-0.2, -0.15) is 0 Å². The van der Waals surface area contributed by atoms with Gasteiger partial charge in [-0.1, -0.05) is 6.08 Å². The molecule has 25 heavy (non-hydrogen) atoms. The predicted molar refractivity (Wildman–Crippen MR) is 98.9 cm³/mol. The van der Waals surface area contributed by atoms with Crippen molar-refractivity contribution in [2.24, 2.45) is 0 Å². The SMILES string of the molecule is C=CCCn1c(=O)c2c(ncn2CCCCC(C)(C)O)n(CC)c1=O. The molecule has 2 aromatic rings. The van der Waals surface area contributed by atoms with Gasteiger partial charge in [0.2, 0.25) is 0 Å². The van der Waals surface area contributed by atoms with Gasteiger partial charge < -0.3 is 9.67 Å². The van der Waals surface area contributed by atoms with Crippen LogP contribution in [0.15, 0.2) is 28.6 Å². The molecule has 0 saturated heterocycles. The van der Waals surface area contributed by atoms with Gasteiger partial charge in [-0.3, -0.25) is 13.9 Å². The largest absolute Gasteiger partial charge is 0.390 e. The van der Waals surface area contributed by atoms with Crippen LogP contribution in [0, 0.1) is 0 Å². The first kappa shape index (κ1) is 19.2. The van der Waals surface area contributed by atoms with E-state index in [9.17, 15) is 14.7 Å². The third-order valence-corrected chi connectivity index (χ3v) is 4.29. The van der Waals surface area contributed by atoms with Crippen molar-refractivity contribution < 1.29 is 5.11 Å². The van der Waals surface area contributed by atoms with Gasteiger partial charge in [-0.15, -0.1) is 6.58 Å². The van der Waals surface area contributed by atoms with E-state index in [1.807, 2.05) is 11.5 Å². The van der Waals surface area contributed by atoms with Crippen LogP contribution in [0.3, 0.4) is 0 Å². The zero-order chi connectivity index (χ0) is 18.6. The normalized spacial score (nSPS) is 12.0. The molecule has 0 fully saturated rings. The van der Waals surface area contributed by atoms with E-state index >= 15 is 0 Å². The van der Waals surface area contributed by atoms with Crippen molar-refractivity contribution in [3.8, 4) is 0 Å². The molecule has 0 atom stereocenters. The highest BCUT2D eigenvalue weighted by molar-refractivity contribution is 5.70. The van der Waals surface area contributed by atoms with Crippen LogP contribution in [0.1, 0.15) is 46.5 Å². The Balaban J connectivity index is 2.38. The molecule has 0 spiro atoms. The molecule has 0 saturated carbocycles. The summed E-state index contributed by atoms with van der Waals surface area (Å²) in [6.45, 7) is 10.5. The van der Waals surface area contributed by atoms with Crippen molar-refractivity contribution in [3.63, 3.8) is 0 Å². The lowest BCUT2D eigenvalue weighted by Crippen LogP contribution is -2.40. The molecule has 0 aliphatic rings. The van der Waals surface area contributed by atoms with Crippen LogP contribution >= 0.6 is 0 Å². The molecule has 2 aromatic heterocycles. The highest BCUT2D eigenvalue weighted by atomic mass is 16.3. The summed E-state index contributed by atoms with van der Waals surface area (Å²) in [7, 11) is 0. The number of hydrogen-bond acceptors (Lipinski definition) is 4. The molecule has 2 heterocycles. The summed E-state index contributed by atoms with van der Waals surface area (Å²) in [4.78, 5) is 29.6. The maximum Gasteiger partial charge on any atom is 0.332 e. The average Bonchev–Trinajstić information content (AvgIpc) is 2.95. The molecule has 1 N–H and O–H groups in total. The standard InChI is InChI=1S/C18H28N4O3/c1-5-7-12-22-16(23)14-15(21(6-2)17(22)24)19-13-20(14)11-9-8-10-18(3,4)25/h5,13,25H,1,6-12H2,2-4H3. The fourth-order valence-electron chi connectivity index (χ4n) is 2.95. The summed E-state index contributed by atoms with van der Waals surface area (Å²) in [5.41, 5.74) is -0.402. The molecule has 2 rings (SSSR count). The Hall–Kier alpha value is -2.15. The quantitative estimate of drug-likeness (QED) is 0.554. The third kappa shape index (κ3) is 4.28. The van der Waals surface area contributed by atoms with Crippen LogP contribution in [-0.2, 0) is 19.6 Å². The summed E-state index contributed by atoms with van der Waals surface area (Å²) in [5, 5.41) is 9.79. The smallest absolute Gasteiger partial charge is 0.332 e. The van der Waals surface area contributed by atoms with Gasteiger partial charge >= 0.3 is 5.69 Å². The van der Waals surface area contributed by atoms with Gasteiger partial charge in [-0.05, 0) is 46.5 Å². The van der Waals surface area contributed by atoms with E-state index in [-0.39, 0.29) is 11.2 Å². The zero-order valence-corrected chi connectivity index (χ0v) is 15.4. The molecule has 0 aromatic carbocycles. The van der Waals surface area contributed by atoms with E-state index in [1.165, 1.54) is 9.13 Å². The minimum atomic E-state index is -0.683. The number of aromatic nitrogens is 4. The Morgan fingerprint density at radius 3 is 2.56 bits per heavy atom. The maximum atomic E-state index is 12.8. The second kappa shape index (κ2) is 7.82. The van der Waals surface area contributed by atoms with Crippen molar-refractivity contribution in [1.82, 2.24) is 18.7 Å². The van der Waals surface area contributed by atoms with Gasteiger partial charge in [0.25, 0.3) is 5.56 Å². The van der Waals surface area contributed by atoms with Crippen LogP contribution in [-0.4, -0.2) is 29.4 Å². The Morgan fingerprint density at radius 1 is 1.24 bits per heavy atom. The van der Waals surface area contributed by atoms with E-state index in [0.717, 1.165) is 12.8 Å². The lowest BCUT2D eigenvalue weighted by Gasteiger charge is -2.16. The van der Waals surface area contributed by atoms with E-state index in [2.05, 4.69) is 11.6 Å². The van der Waals surface area contributed by atoms with Gasteiger partial charge in [0.05, 0.1) is 11.9 Å². The average molecular weight is 348 g/mol. The highest BCUT2D eigenvalue weighted by Crippen LogP contribution is 2.14. The fraction of sp³-hybridized carbons (Fsp3) is 0.611. The lowest BCUT2D eigenvalue weighted by atomic mass is 10.0. The third-order valence-electron chi connectivity index (χ3n) is 4.29. The van der Waals surface area contributed by atoms with Gasteiger partial charge in [0.15, 0.2) is 11.2 Å². The van der Waals surface area contributed by atoms with Crippen molar-refractivity contribution >= 4 is 11.2 Å². The molecule has 0 bridgehead atoms. The van der Waals surface area contributed by atoms with E-state index in [1.54, 1.807) is 26.3 Å². The summed E-state index contributed by atoms with van der Waals surface area (Å²) < 4.78 is 4.62. The Kier molecular flexibility index (Phi) is 6.00. The number of aryl methyl sites for hydroxylation is 2. The number of allylic oxidation sites excluding steroid dienone is 1. The molecule has 0 amide bonds. The van der Waals surface area contributed by atoms with Crippen LogP contribution in [0.5, 0.6) is 0 Å². The number of aliphatic hydroxyl groups is 1. The molecule has 0 aliphatic carbocycles. The molecule has 0 radical (unpaired) electrons. The summed E-state index contributed by atoms with van der Waals surface area (Å²) in [6, 6.07) is 0. The molecule has 7 nitrogen and oxygen atoms in total. The zero-order valence-electron chi connectivity index (χ0n) is 15.4. The van der Waals surface area contributed by atoms with Crippen molar-refractivity contribution in [2.75, 3.05) is 0 Å². The van der Waals surface area contributed by atoms with E-state index < -0.39 is 5.60 Å². The Labute approximate surface area is 147 Å². The summed E-state index contributed by atoms with van der Waals surface area (Å²) in [5.74, 6) is 0. The Bertz CT molecular complexity index is 852. The predicted octanol–water partition coefficient (Wildman–Crippen LogP) is 1.90. The first-order valence-corrected chi connectivity index (χ1v) is 8.82. The topological polar surface area (TPSA) is 82.0 Å². The van der Waals surface area contributed by atoms with Crippen LogP contribution < -0.4 is 11.2 Å². The second-order valence-electron chi connectivity index (χ2n) is 6.94. The number of nitrogens with zero attached hydrogens (tertiary/aromatic N) is 4. The minimum absolute atomic E-state index is 0.300. The fourth-order valence-corrected chi connectivity index (χ4v) is 2.95. The lowest BCUT2D eigenvalue weighted by molar-refractivity contribution is 0.0679. The van der Waals surface area contributed by atoms with Crippen LogP contribution in [0.25, 0.3) is 11.2 Å². The van der Waals surface area contributed by atoms with E-state index in [4.69, 9.17) is 0 Å². The molecule has 0 aliphatic heterocycles. The van der Waals surface area contributed by atoms with E-state index in [0.29, 0.717) is 43.6 Å². The second-order valence-corrected chi connectivity index (χ2v) is 6.94. The number of unbranched alkanes of at least 4 members (excludes halogenated alkanes) is 1. The van der Waals surface area contributed by atoms with Gasteiger partial charge in [0, 0.05) is 19.6 Å². The van der Waals surface area contributed by atoms with Crippen LogP contribution in [0.4, 0.5) is 0 Å². The monoisotopic (exact) mass is 348 g/mol. The van der Waals surface area contributed by atoms with Gasteiger partial charge in [-0.25, -0.2) is 9.78 Å². The number of hydrogen-bond donors (Lipinski definition) is 1. The summed E-state index contributed by atoms with van der Waals surface area (Å²) in [6.07, 6.45) is 6.25. The first-order chi connectivity index (χ1) is 11.8. The van der Waals surface area contributed by atoms with Crippen molar-refractivity contribution in [2.45, 2.75) is 71.7 Å². The van der Waals surface area contributed by atoms with Crippen molar-refractivity contribution in [1.29, 1.82) is 0 Å². The molecular formula is C18H28N4O3. The Morgan fingerprint density at radius 2 is 1.96 bits per heavy atom. The summed E-state index contributed by atoms with van der Waals surface area (Å²) >= 11 is 0. The molecule has 7 heteroatoms. The first-order valence-electron chi connectivity index (χ1n) is 8.82. The molecule has 138 valence electrons. The molecular weight excluding hydrogens is 320 g/mol. The minimum Gasteiger partial charge on any atom is -0.390 e. The van der Waals surface area contributed by atoms with Gasteiger partial charge in [0.1, 0.15) is 0 Å². The van der Waals surface area contributed by atoms with Crippen LogP contribution in [0.2, 0.25) is 0 Å². The number of fused-ring (bicyclic) bond motifs is 1. The maximum absolute atomic E-state index is 12.8. The molecule has 0 unspecified atom stereocenters. The number of rotatable bonds is 9. The highest BCUT2D eigenvalue weighted by Gasteiger charge is 2.17. The number of imidazole rings is 1. The van der Waals surface area contributed by atoms with Crippen molar-refractivity contribution in [3.05, 3.63) is 39.8 Å².